The van der Waals surface area contributed by atoms with E-state index in [-0.39, 0.29) is 23.8 Å². The molecule has 0 aromatic heterocycles. The molecule has 1 saturated heterocycles. The third-order valence-electron chi connectivity index (χ3n) is 3.51. The fourth-order valence-electron chi connectivity index (χ4n) is 2.57. The van der Waals surface area contributed by atoms with Crippen LogP contribution in [0.5, 0.6) is 0 Å². The molecular formula is C16H22FNO2. The first-order valence-electron chi connectivity index (χ1n) is 7.22. The van der Waals surface area contributed by atoms with Crippen molar-refractivity contribution in [2.75, 3.05) is 13.1 Å². The van der Waals surface area contributed by atoms with E-state index in [1.165, 1.54) is 12.1 Å². The number of hydrogen-bond acceptors (Lipinski definition) is 3. The summed E-state index contributed by atoms with van der Waals surface area (Å²) < 4.78 is 18.2. The summed E-state index contributed by atoms with van der Waals surface area (Å²) in [6, 6.07) is 6.55. The van der Waals surface area contributed by atoms with Gasteiger partial charge >= 0.3 is 5.97 Å². The number of carbonyl (C=O) groups excluding carboxylic acids is 1. The lowest BCUT2D eigenvalue weighted by atomic mass is 9.97. The van der Waals surface area contributed by atoms with Crippen LogP contribution in [0.3, 0.4) is 0 Å². The van der Waals surface area contributed by atoms with E-state index in [1.807, 2.05) is 13.8 Å². The van der Waals surface area contributed by atoms with Gasteiger partial charge in [0.15, 0.2) is 0 Å². The van der Waals surface area contributed by atoms with Gasteiger partial charge in [-0.2, -0.15) is 0 Å². The number of carbonyl (C=O) groups is 1. The van der Waals surface area contributed by atoms with Crippen molar-refractivity contribution in [2.45, 2.75) is 39.3 Å². The van der Waals surface area contributed by atoms with E-state index in [0.29, 0.717) is 0 Å². The SMILES string of the molecule is CC(C)OC(=O)C1CCCN(Cc2ccc(F)cc2)C1. The second-order valence-electron chi connectivity index (χ2n) is 5.69. The molecule has 0 amide bonds. The Hall–Kier alpha value is -1.42. The number of hydrogen-bond donors (Lipinski definition) is 0. The summed E-state index contributed by atoms with van der Waals surface area (Å²) in [5.74, 6) is -0.346. The zero-order valence-corrected chi connectivity index (χ0v) is 12.1. The van der Waals surface area contributed by atoms with Gasteiger partial charge in [-0.3, -0.25) is 9.69 Å². The molecule has 4 heteroatoms. The number of ether oxygens (including phenoxy) is 1. The van der Waals surface area contributed by atoms with Crippen LogP contribution in [0.15, 0.2) is 24.3 Å². The van der Waals surface area contributed by atoms with Crippen LogP contribution in [-0.4, -0.2) is 30.1 Å². The molecule has 1 unspecified atom stereocenters. The molecule has 0 bridgehead atoms. The number of rotatable bonds is 4. The van der Waals surface area contributed by atoms with Crippen LogP contribution in [0.2, 0.25) is 0 Å². The van der Waals surface area contributed by atoms with Crippen molar-refractivity contribution in [3.63, 3.8) is 0 Å². The van der Waals surface area contributed by atoms with E-state index in [4.69, 9.17) is 4.74 Å². The summed E-state index contributed by atoms with van der Waals surface area (Å²) >= 11 is 0. The van der Waals surface area contributed by atoms with Gasteiger partial charge in [0.1, 0.15) is 5.82 Å². The molecule has 0 spiro atoms. The lowest BCUT2D eigenvalue weighted by Gasteiger charge is -2.31. The molecule has 110 valence electrons. The quantitative estimate of drug-likeness (QED) is 0.794. The van der Waals surface area contributed by atoms with Crippen molar-refractivity contribution in [3.05, 3.63) is 35.6 Å². The number of esters is 1. The van der Waals surface area contributed by atoms with E-state index in [0.717, 1.165) is 38.0 Å². The van der Waals surface area contributed by atoms with Crippen molar-refractivity contribution < 1.29 is 13.9 Å². The van der Waals surface area contributed by atoms with E-state index < -0.39 is 0 Å². The van der Waals surface area contributed by atoms with E-state index >= 15 is 0 Å². The highest BCUT2D eigenvalue weighted by atomic mass is 19.1. The lowest BCUT2D eigenvalue weighted by Crippen LogP contribution is -2.39. The molecular weight excluding hydrogens is 257 g/mol. The first-order valence-corrected chi connectivity index (χ1v) is 7.22. The number of halogens is 1. The fraction of sp³-hybridized carbons (Fsp3) is 0.562. The predicted octanol–water partition coefficient (Wildman–Crippen LogP) is 2.99. The first kappa shape index (κ1) is 15.0. The summed E-state index contributed by atoms with van der Waals surface area (Å²) in [5.41, 5.74) is 1.07. The van der Waals surface area contributed by atoms with Gasteiger partial charge < -0.3 is 4.74 Å². The summed E-state index contributed by atoms with van der Waals surface area (Å²) in [7, 11) is 0. The Morgan fingerprint density at radius 3 is 2.75 bits per heavy atom. The third kappa shape index (κ3) is 4.30. The first-order chi connectivity index (χ1) is 9.54. The van der Waals surface area contributed by atoms with Gasteiger partial charge in [-0.15, -0.1) is 0 Å². The molecule has 1 aliphatic heterocycles. The van der Waals surface area contributed by atoms with Crippen LogP contribution in [0.4, 0.5) is 4.39 Å². The lowest BCUT2D eigenvalue weighted by molar-refractivity contribution is -0.154. The van der Waals surface area contributed by atoms with Crippen LogP contribution >= 0.6 is 0 Å². The zero-order chi connectivity index (χ0) is 14.5. The summed E-state index contributed by atoms with van der Waals surface area (Å²) in [4.78, 5) is 14.2. The van der Waals surface area contributed by atoms with Gasteiger partial charge in [0.25, 0.3) is 0 Å². The van der Waals surface area contributed by atoms with Gasteiger partial charge in [0.2, 0.25) is 0 Å². The highest BCUT2D eigenvalue weighted by Gasteiger charge is 2.27. The summed E-state index contributed by atoms with van der Waals surface area (Å²) in [6.07, 6.45) is 1.83. The molecule has 1 heterocycles. The molecule has 0 N–H and O–H groups in total. The fourth-order valence-corrected chi connectivity index (χ4v) is 2.57. The van der Waals surface area contributed by atoms with Crippen molar-refractivity contribution in [1.82, 2.24) is 4.90 Å². The maximum absolute atomic E-state index is 12.9. The van der Waals surface area contributed by atoms with Gasteiger partial charge in [-0.25, -0.2) is 4.39 Å². The molecule has 1 fully saturated rings. The largest absolute Gasteiger partial charge is 0.463 e. The van der Waals surface area contributed by atoms with Crippen LogP contribution < -0.4 is 0 Å². The average Bonchev–Trinajstić information content (AvgIpc) is 2.41. The molecule has 20 heavy (non-hydrogen) atoms. The summed E-state index contributed by atoms with van der Waals surface area (Å²) in [5, 5.41) is 0. The van der Waals surface area contributed by atoms with Crippen LogP contribution in [0.25, 0.3) is 0 Å². The summed E-state index contributed by atoms with van der Waals surface area (Å²) in [6.45, 7) is 6.20. The number of nitrogens with zero attached hydrogens (tertiary/aromatic N) is 1. The van der Waals surface area contributed by atoms with Gasteiger partial charge in [-0.1, -0.05) is 12.1 Å². The van der Waals surface area contributed by atoms with E-state index in [9.17, 15) is 9.18 Å². The maximum atomic E-state index is 12.9. The van der Waals surface area contributed by atoms with E-state index in [2.05, 4.69) is 4.90 Å². The Labute approximate surface area is 119 Å². The highest BCUT2D eigenvalue weighted by Crippen LogP contribution is 2.20. The molecule has 3 nitrogen and oxygen atoms in total. The van der Waals surface area contributed by atoms with Crippen LogP contribution in [-0.2, 0) is 16.1 Å². The van der Waals surface area contributed by atoms with Gasteiger partial charge in [-0.05, 0) is 50.9 Å². The zero-order valence-electron chi connectivity index (χ0n) is 12.1. The minimum Gasteiger partial charge on any atom is -0.463 e. The van der Waals surface area contributed by atoms with Crippen LogP contribution in [0.1, 0.15) is 32.3 Å². The smallest absolute Gasteiger partial charge is 0.310 e. The average molecular weight is 279 g/mol. The monoisotopic (exact) mass is 279 g/mol. The third-order valence-corrected chi connectivity index (χ3v) is 3.51. The Morgan fingerprint density at radius 1 is 1.40 bits per heavy atom. The van der Waals surface area contributed by atoms with Gasteiger partial charge in [0, 0.05) is 13.1 Å². The molecule has 0 radical (unpaired) electrons. The molecule has 1 aromatic rings. The van der Waals surface area contributed by atoms with Crippen molar-refractivity contribution in [2.24, 2.45) is 5.92 Å². The Kier molecular flexibility index (Phi) is 5.12. The van der Waals surface area contributed by atoms with Crippen LogP contribution in [0, 0.1) is 11.7 Å². The molecule has 1 atom stereocenters. The van der Waals surface area contributed by atoms with E-state index in [1.54, 1.807) is 12.1 Å². The number of piperidine rings is 1. The minimum absolute atomic E-state index is 0.0356. The van der Waals surface area contributed by atoms with Crippen molar-refractivity contribution in [3.8, 4) is 0 Å². The molecule has 1 aliphatic rings. The second kappa shape index (κ2) is 6.84. The molecule has 1 aromatic carbocycles. The van der Waals surface area contributed by atoms with Crippen molar-refractivity contribution >= 4 is 5.97 Å². The Balaban J connectivity index is 1.90. The second-order valence-corrected chi connectivity index (χ2v) is 5.69. The maximum Gasteiger partial charge on any atom is 0.310 e. The highest BCUT2D eigenvalue weighted by molar-refractivity contribution is 5.73. The Bertz CT molecular complexity index is 444. The molecule has 0 saturated carbocycles. The normalized spacial score (nSPS) is 20.1. The Morgan fingerprint density at radius 2 is 2.10 bits per heavy atom. The number of likely N-dealkylation sites (tertiary alicyclic amines) is 1. The van der Waals surface area contributed by atoms with Gasteiger partial charge in [0.05, 0.1) is 12.0 Å². The minimum atomic E-state index is -0.217. The molecule has 2 rings (SSSR count). The predicted molar refractivity (Wildman–Crippen MR) is 75.6 cm³/mol. The standard InChI is InChI=1S/C16H22FNO2/c1-12(2)20-16(19)14-4-3-9-18(11-14)10-13-5-7-15(17)8-6-13/h5-8,12,14H,3-4,9-11H2,1-2H3. The topological polar surface area (TPSA) is 29.5 Å². The molecule has 0 aliphatic carbocycles. The van der Waals surface area contributed by atoms with Crippen molar-refractivity contribution in [1.29, 1.82) is 0 Å². The number of benzene rings is 1.